The topological polar surface area (TPSA) is 31.4 Å². The Kier molecular flexibility index (Phi) is 5.13. The molecule has 6 heteroatoms. The fraction of sp³-hybridized carbons (Fsp3) is 0.615. The maximum atomic E-state index is 6.29. The summed E-state index contributed by atoms with van der Waals surface area (Å²) in [5.74, 6) is 1.54. The highest BCUT2D eigenvalue weighted by molar-refractivity contribution is 6.37. The standard InChI is InChI=1S/C13H20Cl2N4/c1-3-16-12-10(14)9-11(15)13(17-12)19-6-4-5-18(2)7-8-19/h9H,3-8H2,1-2H3,(H,16,17). The van der Waals surface area contributed by atoms with E-state index in [4.69, 9.17) is 23.2 Å². The van der Waals surface area contributed by atoms with E-state index in [1.165, 1.54) is 0 Å². The van der Waals surface area contributed by atoms with Crippen LogP contribution in [0, 0.1) is 0 Å². The van der Waals surface area contributed by atoms with Gasteiger partial charge >= 0.3 is 0 Å². The van der Waals surface area contributed by atoms with Crippen LogP contribution in [0.2, 0.25) is 10.0 Å². The average molecular weight is 303 g/mol. The molecule has 1 aliphatic rings. The Balaban J connectivity index is 2.25. The SMILES string of the molecule is CCNc1nc(N2CCCN(C)CC2)c(Cl)cc1Cl. The maximum absolute atomic E-state index is 6.29. The predicted molar refractivity (Wildman–Crippen MR) is 82.7 cm³/mol. The van der Waals surface area contributed by atoms with E-state index < -0.39 is 0 Å². The summed E-state index contributed by atoms with van der Waals surface area (Å²) in [5.41, 5.74) is 0. The molecule has 0 saturated carbocycles. The van der Waals surface area contributed by atoms with Gasteiger partial charge in [0, 0.05) is 26.2 Å². The minimum Gasteiger partial charge on any atom is -0.369 e. The van der Waals surface area contributed by atoms with Crippen LogP contribution < -0.4 is 10.2 Å². The normalized spacial score (nSPS) is 17.4. The number of rotatable bonds is 3. The molecular weight excluding hydrogens is 283 g/mol. The van der Waals surface area contributed by atoms with Crippen LogP contribution in [0.15, 0.2) is 6.07 Å². The Morgan fingerprint density at radius 1 is 1.21 bits per heavy atom. The molecule has 1 N–H and O–H groups in total. The van der Waals surface area contributed by atoms with Crippen molar-refractivity contribution >= 4 is 34.8 Å². The fourth-order valence-electron chi connectivity index (χ4n) is 2.23. The van der Waals surface area contributed by atoms with Gasteiger partial charge in [-0.1, -0.05) is 23.2 Å². The number of nitrogens with zero attached hydrogens (tertiary/aromatic N) is 3. The summed E-state index contributed by atoms with van der Waals surface area (Å²) < 4.78 is 0. The first kappa shape index (κ1) is 14.7. The smallest absolute Gasteiger partial charge is 0.149 e. The lowest BCUT2D eigenvalue weighted by Gasteiger charge is -2.23. The Morgan fingerprint density at radius 3 is 2.74 bits per heavy atom. The highest BCUT2D eigenvalue weighted by atomic mass is 35.5. The van der Waals surface area contributed by atoms with Gasteiger partial charge in [-0.15, -0.1) is 0 Å². The van der Waals surface area contributed by atoms with Gasteiger partial charge in [-0.3, -0.25) is 0 Å². The third-order valence-electron chi connectivity index (χ3n) is 3.27. The third kappa shape index (κ3) is 3.65. The van der Waals surface area contributed by atoms with Gasteiger partial charge in [0.15, 0.2) is 0 Å². The molecule has 0 radical (unpaired) electrons. The lowest BCUT2D eigenvalue weighted by Crippen LogP contribution is -2.29. The summed E-state index contributed by atoms with van der Waals surface area (Å²) in [5, 5.41) is 4.36. The molecule has 0 spiro atoms. The predicted octanol–water partition coefficient (Wildman–Crippen LogP) is 2.96. The third-order valence-corrected chi connectivity index (χ3v) is 3.84. The van der Waals surface area contributed by atoms with E-state index >= 15 is 0 Å². The number of aromatic nitrogens is 1. The molecule has 1 aliphatic heterocycles. The van der Waals surface area contributed by atoms with E-state index in [2.05, 4.69) is 27.1 Å². The molecule has 1 fully saturated rings. The maximum Gasteiger partial charge on any atom is 0.149 e. The zero-order chi connectivity index (χ0) is 13.8. The van der Waals surface area contributed by atoms with Crippen LogP contribution in [0.25, 0.3) is 0 Å². The molecule has 0 bridgehead atoms. The van der Waals surface area contributed by atoms with Crippen LogP contribution in [-0.2, 0) is 0 Å². The second-order valence-corrected chi connectivity index (χ2v) is 5.61. The molecule has 19 heavy (non-hydrogen) atoms. The number of halogens is 2. The number of pyridine rings is 1. The molecular formula is C13H20Cl2N4. The average Bonchev–Trinajstić information content (AvgIpc) is 2.58. The van der Waals surface area contributed by atoms with Crippen LogP contribution in [-0.4, -0.2) is 49.7 Å². The van der Waals surface area contributed by atoms with E-state index in [9.17, 15) is 0 Å². The van der Waals surface area contributed by atoms with Crippen LogP contribution in [0.4, 0.5) is 11.6 Å². The lowest BCUT2D eigenvalue weighted by atomic mass is 10.3. The van der Waals surface area contributed by atoms with Crippen molar-refractivity contribution in [3.05, 3.63) is 16.1 Å². The van der Waals surface area contributed by atoms with Gasteiger partial charge in [0.25, 0.3) is 0 Å². The van der Waals surface area contributed by atoms with Crippen molar-refractivity contribution in [2.75, 3.05) is 50.0 Å². The van der Waals surface area contributed by atoms with Crippen molar-refractivity contribution in [3.8, 4) is 0 Å². The zero-order valence-electron chi connectivity index (χ0n) is 11.4. The van der Waals surface area contributed by atoms with Crippen LogP contribution in [0.5, 0.6) is 0 Å². The molecule has 0 unspecified atom stereocenters. The van der Waals surface area contributed by atoms with Gasteiger partial charge in [0.05, 0.1) is 10.0 Å². The Bertz CT molecular complexity index is 439. The molecule has 0 atom stereocenters. The molecule has 2 rings (SSSR count). The molecule has 4 nitrogen and oxygen atoms in total. The molecule has 2 heterocycles. The van der Waals surface area contributed by atoms with Crippen molar-refractivity contribution < 1.29 is 0 Å². The zero-order valence-corrected chi connectivity index (χ0v) is 12.9. The summed E-state index contributed by atoms with van der Waals surface area (Å²) in [4.78, 5) is 9.15. The van der Waals surface area contributed by atoms with Gasteiger partial charge in [0.1, 0.15) is 11.6 Å². The van der Waals surface area contributed by atoms with Crippen LogP contribution in [0.1, 0.15) is 13.3 Å². The second kappa shape index (κ2) is 6.64. The number of hydrogen-bond donors (Lipinski definition) is 1. The highest BCUT2D eigenvalue weighted by Crippen LogP contribution is 2.31. The fourth-order valence-corrected chi connectivity index (χ4v) is 2.77. The molecule has 0 aliphatic carbocycles. The Morgan fingerprint density at radius 2 is 2.00 bits per heavy atom. The van der Waals surface area contributed by atoms with Gasteiger partial charge in [-0.05, 0) is 33.0 Å². The van der Waals surface area contributed by atoms with Gasteiger partial charge < -0.3 is 15.1 Å². The van der Waals surface area contributed by atoms with E-state index in [1.807, 2.05) is 6.92 Å². The first-order valence-electron chi connectivity index (χ1n) is 6.65. The van der Waals surface area contributed by atoms with Crippen molar-refractivity contribution in [1.29, 1.82) is 0 Å². The molecule has 0 amide bonds. The van der Waals surface area contributed by atoms with Crippen molar-refractivity contribution in [1.82, 2.24) is 9.88 Å². The van der Waals surface area contributed by atoms with Crippen LogP contribution in [0.3, 0.4) is 0 Å². The summed E-state index contributed by atoms with van der Waals surface area (Å²) in [7, 11) is 2.14. The first-order chi connectivity index (χ1) is 9.11. The monoisotopic (exact) mass is 302 g/mol. The summed E-state index contributed by atoms with van der Waals surface area (Å²) >= 11 is 12.4. The number of hydrogen-bond acceptors (Lipinski definition) is 4. The van der Waals surface area contributed by atoms with Crippen LogP contribution >= 0.6 is 23.2 Å². The van der Waals surface area contributed by atoms with Crippen molar-refractivity contribution in [2.45, 2.75) is 13.3 Å². The van der Waals surface area contributed by atoms with E-state index in [0.29, 0.717) is 15.9 Å². The minimum atomic E-state index is 0.572. The van der Waals surface area contributed by atoms with E-state index in [1.54, 1.807) is 6.07 Å². The number of nitrogens with one attached hydrogen (secondary N) is 1. The van der Waals surface area contributed by atoms with E-state index in [-0.39, 0.29) is 0 Å². The largest absolute Gasteiger partial charge is 0.369 e. The van der Waals surface area contributed by atoms with Crippen molar-refractivity contribution in [2.24, 2.45) is 0 Å². The van der Waals surface area contributed by atoms with Gasteiger partial charge in [-0.25, -0.2) is 4.98 Å². The van der Waals surface area contributed by atoms with E-state index in [0.717, 1.165) is 45.0 Å². The molecule has 0 aromatic carbocycles. The van der Waals surface area contributed by atoms with Crippen molar-refractivity contribution in [3.63, 3.8) is 0 Å². The number of likely N-dealkylation sites (N-methyl/N-ethyl adjacent to an activating group) is 1. The molecule has 106 valence electrons. The Labute approximate surface area is 124 Å². The molecule has 1 saturated heterocycles. The Hall–Kier alpha value is -0.710. The summed E-state index contributed by atoms with van der Waals surface area (Å²) in [6, 6.07) is 1.78. The lowest BCUT2D eigenvalue weighted by molar-refractivity contribution is 0.360. The second-order valence-electron chi connectivity index (χ2n) is 4.80. The summed E-state index contributed by atoms with van der Waals surface area (Å²) in [6.45, 7) is 6.86. The molecule has 1 aromatic heterocycles. The molecule has 1 aromatic rings. The first-order valence-corrected chi connectivity index (χ1v) is 7.40. The number of anilines is 2. The minimum absolute atomic E-state index is 0.572. The van der Waals surface area contributed by atoms with Gasteiger partial charge in [0.2, 0.25) is 0 Å². The summed E-state index contributed by atoms with van der Waals surface area (Å²) in [6.07, 6.45) is 1.12. The van der Waals surface area contributed by atoms with Gasteiger partial charge in [-0.2, -0.15) is 0 Å². The quantitative estimate of drug-likeness (QED) is 0.930. The highest BCUT2D eigenvalue weighted by Gasteiger charge is 2.18.